The highest BCUT2D eigenvalue weighted by Crippen LogP contribution is 2.49. The summed E-state index contributed by atoms with van der Waals surface area (Å²) in [6.45, 7) is 0. The maximum Gasteiger partial charge on any atom is 0.0591 e. The molecule has 1 aromatic heterocycles. The normalized spacial score (nSPS) is 27.7. The van der Waals surface area contributed by atoms with Crippen LogP contribution in [0, 0.1) is 17.8 Å². The molecule has 1 saturated heterocycles. The van der Waals surface area contributed by atoms with Gasteiger partial charge in [-0.1, -0.05) is 78.4 Å². The lowest BCUT2D eigenvalue weighted by atomic mass is 9.75. The second-order valence-corrected chi connectivity index (χ2v) is 9.42. The molecule has 4 aliphatic rings. The van der Waals surface area contributed by atoms with E-state index in [4.69, 9.17) is 0 Å². The van der Waals surface area contributed by atoms with Gasteiger partial charge in [0.05, 0.1) is 6.04 Å². The first kappa shape index (κ1) is 18.1. The van der Waals surface area contributed by atoms with Gasteiger partial charge in [0.25, 0.3) is 0 Å². The summed E-state index contributed by atoms with van der Waals surface area (Å²) in [6, 6.07) is 20.0. The third-order valence-corrected chi connectivity index (χ3v) is 7.77. The van der Waals surface area contributed by atoms with Crippen molar-refractivity contribution < 1.29 is 0 Å². The van der Waals surface area contributed by atoms with Gasteiger partial charge < -0.3 is 9.88 Å². The summed E-state index contributed by atoms with van der Waals surface area (Å²) in [5.41, 5.74) is 8.35. The Balaban J connectivity index is 1.25. The minimum absolute atomic E-state index is 0.411. The van der Waals surface area contributed by atoms with Gasteiger partial charge in [-0.3, -0.25) is 0 Å². The van der Waals surface area contributed by atoms with Crippen molar-refractivity contribution >= 4 is 22.7 Å². The van der Waals surface area contributed by atoms with Gasteiger partial charge in [0.15, 0.2) is 0 Å². The number of rotatable bonds is 2. The number of allylic oxidation sites excluding steroid dienone is 7. The van der Waals surface area contributed by atoms with Gasteiger partial charge in [-0.15, -0.1) is 0 Å². The molecule has 0 saturated carbocycles. The fourth-order valence-corrected chi connectivity index (χ4v) is 6.27. The van der Waals surface area contributed by atoms with Crippen molar-refractivity contribution in [2.75, 3.05) is 4.90 Å². The van der Waals surface area contributed by atoms with Crippen LogP contribution in [-0.4, -0.2) is 11.0 Å². The van der Waals surface area contributed by atoms with Crippen molar-refractivity contribution in [1.29, 1.82) is 0 Å². The number of nitrogens with one attached hydrogen (secondary N) is 1. The first-order valence-corrected chi connectivity index (χ1v) is 11.7. The predicted molar refractivity (Wildman–Crippen MR) is 133 cm³/mol. The molecule has 0 amide bonds. The molecule has 2 heteroatoms. The number of fused-ring (bicyclic) bond motifs is 6. The molecule has 32 heavy (non-hydrogen) atoms. The van der Waals surface area contributed by atoms with Crippen molar-refractivity contribution in [3.8, 4) is 0 Å². The SMILES string of the molecule is C1=CC2C3CC(C4C=Cc5[nH]c6ccccc6c5C4)=CC=C3N(c3ccccc3)C2C=C1. The Morgan fingerprint density at radius 2 is 1.66 bits per heavy atom. The van der Waals surface area contributed by atoms with Crippen LogP contribution in [0.5, 0.6) is 0 Å². The molecule has 2 aromatic carbocycles. The molecule has 4 atom stereocenters. The van der Waals surface area contributed by atoms with Gasteiger partial charge in [0.1, 0.15) is 0 Å². The highest BCUT2D eigenvalue weighted by molar-refractivity contribution is 5.88. The van der Waals surface area contributed by atoms with Gasteiger partial charge in [-0.2, -0.15) is 0 Å². The smallest absolute Gasteiger partial charge is 0.0591 e. The summed E-state index contributed by atoms with van der Waals surface area (Å²) in [5.74, 6) is 1.55. The molecule has 4 unspecified atom stereocenters. The quantitative estimate of drug-likeness (QED) is 0.488. The third-order valence-electron chi connectivity index (χ3n) is 7.77. The molecule has 3 aromatic rings. The Hall–Kier alpha value is -3.52. The van der Waals surface area contributed by atoms with Crippen LogP contribution in [0.3, 0.4) is 0 Å². The molecule has 7 rings (SSSR count). The third kappa shape index (κ3) is 2.65. The Morgan fingerprint density at radius 1 is 0.812 bits per heavy atom. The van der Waals surface area contributed by atoms with Crippen LogP contribution in [0.2, 0.25) is 0 Å². The first-order chi connectivity index (χ1) is 15.9. The van der Waals surface area contributed by atoms with Crippen molar-refractivity contribution in [2.24, 2.45) is 17.8 Å². The van der Waals surface area contributed by atoms with E-state index < -0.39 is 0 Å². The van der Waals surface area contributed by atoms with Crippen LogP contribution in [0.4, 0.5) is 5.69 Å². The van der Waals surface area contributed by atoms with Crippen molar-refractivity contribution in [3.63, 3.8) is 0 Å². The molecule has 0 radical (unpaired) electrons. The van der Waals surface area contributed by atoms with Gasteiger partial charge in [-0.25, -0.2) is 0 Å². The summed E-state index contributed by atoms with van der Waals surface area (Å²) in [5, 5.41) is 1.38. The van der Waals surface area contributed by atoms with Crippen LogP contribution in [0.25, 0.3) is 17.0 Å². The molecule has 3 aliphatic carbocycles. The lowest BCUT2D eigenvalue weighted by Crippen LogP contribution is -2.30. The molecule has 156 valence electrons. The number of benzene rings is 2. The van der Waals surface area contributed by atoms with E-state index in [1.807, 2.05) is 0 Å². The van der Waals surface area contributed by atoms with Crippen LogP contribution in [0.15, 0.2) is 108 Å². The van der Waals surface area contributed by atoms with Crippen LogP contribution < -0.4 is 4.90 Å². The van der Waals surface area contributed by atoms with E-state index in [-0.39, 0.29) is 0 Å². The fraction of sp³-hybridized carbons (Fsp3) is 0.200. The molecular weight excluding hydrogens is 388 g/mol. The maximum atomic E-state index is 3.60. The summed E-state index contributed by atoms with van der Waals surface area (Å²) in [7, 11) is 0. The maximum absolute atomic E-state index is 3.60. The fourth-order valence-electron chi connectivity index (χ4n) is 6.27. The van der Waals surface area contributed by atoms with Crippen molar-refractivity contribution in [3.05, 3.63) is 120 Å². The van der Waals surface area contributed by atoms with E-state index in [1.165, 1.54) is 33.5 Å². The van der Waals surface area contributed by atoms with Gasteiger partial charge in [0.2, 0.25) is 0 Å². The predicted octanol–water partition coefficient (Wildman–Crippen LogP) is 6.81. The number of nitrogens with zero attached hydrogens (tertiary/aromatic N) is 1. The van der Waals surface area contributed by atoms with Crippen molar-refractivity contribution in [2.45, 2.75) is 18.9 Å². The molecule has 1 aliphatic heterocycles. The number of aromatic nitrogens is 1. The molecule has 2 nitrogen and oxygen atoms in total. The van der Waals surface area contributed by atoms with E-state index in [1.54, 1.807) is 5.57 Å². The molecule has 0 bridgehead atoms. The lowest BCUT2D eigenvalue weighted by molar-refractivity contribution is 0.467. The van der Waals surface area contributed by atoms with Crippen LogP contribution >= 0.6 is 0 Å². The standard InChI is InChI=1S/C30H26N2/c1-2-8-22(9-3-1)32-29-13-7-5-11-24(29)26-19-21(15-17-30(26)32)20-14-16-28-25(18-20)23-10-4-6-12-27(23)31-28/h1-17,20,24,26,29,31H,18-19H2. The van der Waals surface area contributed by atoms with Crippen molar-refractivity contribution in [1.82, 2.24) is 4.98 Å². The highest BCUT2D eigenvalue weighted by atomic mass is 15.2. The number of hydrogen-bond donors (Lipinski definition) is 1. The molecule has 2 heterocycles. The zero-order valence-corrected chi connectivity index (χ0v) is 18.0. The largest absolute Gasteiger partial charge is 0.355 e. The van der Waals surface area contributed by atoms with E-state index >= 15 is 0 Å². The average molecular weight is 415 g/mol. The second-order valence-electron chi connectivity index (χ2n) is 9.42. The molecular formula is C30H26N2. The van der Waals surface area contributed by atoms with E-state index in [2.05, 4.69) is 113 Å². The van der Waals surface area contributed by atoms with E-state index in [0.717, 1.165) is 12.8 Å². The van der Waals surface area contributed by atoms with Gasteiger partial charge in [0, 0.05) is 45.7 Å². The topological polar surface area (TPSA) is 19.0 Å². The highest BCUT2D eigenvalue weighted by Gasteiger charge is 2.45. The number of hydrogen-bond acceptors (Lipinski definition) is 1. The molecule has 1 N–H and O–H groups in total. The Kier molecular flexibility index (Phi) is 3.96. The minimum Gasteiger partial charge on any atom is -0.355 e. The summed E-state index contributed by atoms with van der Waals surface area (Å²) < 4.78 is 0. The first-order valence-electron chi connectivity index (χ1n) is 11.7. The summed E-state index contributed by atoms with van der Waals surface area (Å²) in [4.78, 5) is 6.16. The Morgan fingerprint density at radius 3 is 2.59 bits per heavy atom. The lowest BCUT2D eigenvalue weighted by Gasteiger charge is -2.30. The number of para-hydroxylation sites is 2. The molecule has 0 spiro atoms. The Labute approximate surface area is 189 Å². The second kappa shape index (κ2) is 7.00. The van der Waals surface area contributed by atoms with Gasteiger partial charge >= 0.3 is 0 Å². The summed E-state index contributed by atoms with van der Waals surface area (Å²) in [6.07, 6.45) is 21.1. The van der Waals surface area contributed by atoms with E-state index in [9.17, 15) is 0 Å². The van der Waals surface area contributed by atoms with Gasteiger partial charge in [-0.05, 0) is 48.8 Å². The number of anilines is 1. The molecule has 1 fully saturated rings. The van der Waals surface area contributed by atoms with Crippen LogP contribution in [0.1, 0.15) is 17.7 Å². The number of H-pyrrole nitrogens is 1. The van der Waals surface area contributed by atoms with E-state index in [0.29, 0.717) is 23.8 Å². The summed E-state index contributed by atoms with van der Waals surface area (Å²) >= 11 is 0. The number of aromatic amines is 1. The zero-order valence-electron chi connectivity index (χ0n) is 18.0. The zero-order chi connectivity index (χ0) is 21.1. The average Bonchev–Trinajstić information content (AvgIpc) is 3.39. The monoisotopic (exact) mass is 414 g/mol. The Bertz CT molecular complexity index is 1350. The van der Waals surface area contributed by atoms with Crippen LogP contribution in [-0.2, 0) is 6.42 Å². The minimum atomic E-state index is 0.411.